The van der Waals surface area contributed by atoms with Crippen molar-refractivity contribution in [3.8, 4) is 11.1 Å². The molecule has 2 bridgehead atoms. The normalized spacial score (nSPS) is 24.8. The van der Waals surface area contributed by atoms with E-state index in [4.69, 9.17) is 16.6 Å². The predicted octanol–water partition coefficient (Wildman–Crippen LogP) is 7.01. The molecule has 186 valence electrons. The maximum atomic E-state index is 13.8. The summed E-state index contributed by atoms with van der Waals surface area (Å²) in [4.78, 5) is 30.1. The molecule has 4 saturated carbocycles. The number of aliphatic carboxylic acids is 1. The minimum Gasteiger partial charge on any atom is -0.481 e. The van der Waals surface area contributed by atoms with Crippen molar-refractivity contribution >= 4 is 34.3 Å². The minimum absolute atomic E-state index is 0.0395. The monoisotopic (exact) mass is 510 g/mol. The van der Waals surface area contributed by atoms with Crippen molar-refractivity contribution in [2.75, 3.05) is 0 Å². The van der Waals surface area contributed by atoms with Crippen LogP contribution in [0, 0.1) is 16.2 Å². The van der Waals surface area contributed by atoms with Gasteiger partial charge >= 0.3 is 5.97 Å². The molecule has 5 nitrogen and oxygen atoms in total. The number of rotatable bonds is 8. The van der Waals surface area contributed by atoms with E-state index in [1.54, 1.807) is 6.07 Å². The molecule has 37 heavy (non-hydrogen) atoms. The molecule has 0 unspecified atom stereocenters. The number of nitrogens with zero attached hydrogens (tertiary/aromatic N) is 2. The van der Waals surface area contributed by atoms with Crippen LogP contribution in [0.3, 0.4) is 0 Å². The first-order valence-corrected chi connectivity index (χ1v) is 13.3. The molecule has 6 heteroatoms. The number of hydrogen-bond acceptors (Lipinski definition) is 3. The highest BCUT2D eigenvalue weighted by molar-refractivity contribution is 6.32. The molecule has 0 aliphatic heterocycles. The molecule has 4 fully saturated rings. The van der Waals surface area contributed by atoms with E-state index in [0.29, 0.717) is 23.6 Å². The summed E-state index contributed by atoms with van der Waals surface area (Å²) in [5.74, 6) is -0.567. The zero-order chi connectivity index (χ0) is 25.4. The van der Waals surface area contributed by atoms with Gasteiger partial charge in [-0.1, -0.05) is 48.0 Å². The lowest BCUT2D eigenvalue weighted by atomic mass is 9.30. The van der Waals surface area contributed by atoms with Gasteiger partial charge in [-0.2, -0.15) is 0 Å². The molecule has 0 radical (unpaired) electrons. The van der Waals surface area contributed by atoms with E-state index >= 15 is 0 Å². The molecule has 0 spiro atoms. The topological polar surface area (TPSA) is 72.2 Å². The molecule has 2 aromatic heterocycles. The predicted molar refractivity (Wildman–Crippen MR) is 143 cm³/mol. The first-order valence-electron chi connectivity index (χ1n) is 12.9. The standard InChI is InChI=1S/C31H27ClN2O3/c32-23-12-21-8-11-34(16-24-7-6-22(15-33-24)20-4-2-1-3-5-20)27(21)25(13-23)26(35)14-30(9-10-30)31-17-29(18-31,19-31)28(36)37/h1-8,11-13,15H,9-10,14,16-19H2,(H,36,37). The second-order valence-corrected chi connectivity index (χ2v) is 12.0. The molecule has 0 amide bonds. The molecular formula is C31H27ClN2O3. The number of carbonyl (C=O) groups is 2. The first kappa shape index (κ1) is 22.7. The van der Waals surface area contributed by atoms with Crippen molar-refractivity contribution < 1.29 is 14.7 Å². The van der Waals surface area contributed by atoms with Gasteiger partial charge in [-0.05, 0) is 72.8 Å². The van der Waals surface area contributed by atoms with E-state index < -0.39 is 11.4 Å². The third-order valence-corrected chi connectivity index (χ3v) is 9.57. The number of carboxylic acids is 1. The average molecular weight is 511 g/mol. The molecule has 2 heterocycles. The minimum atomic E-state index is -0.670. The van der Waals surface area contributed by atoms with Crippen molar-refractivity contribution in [1.82, 2.24) is 9.55 Å². The Hall–Kier alpha value is -3.44. The Morgan fingerprint density at radius 1 is 0.973 bits per heavy atom. The van der Waals surface area contributed by atoms with Gasteiger partial charge in [-0.3, -0.25) is 14.6 Å². The van der Waals surface area contributed by atoms with Crippen molar-refractivity contribution in [1.29, 1.82) is 0 Å². The fourth-order valence-electron chi connectivity index (χ4n) is 7.18. The Labute approximate surface area is 220 Å². The van der Waals surface area contributed by atoms with Crippen molar-refractivity contribution in [3.05, 3.63) is 89.3 Å². The summed E-state index contributed by atoms with van der Waals surface area (Å²) in [6.45, 7) is 0.552. The van der Waals surface area contributed by atoms with Gasteiger partial charge in [-0.15, -0.1) is 0 Å². The van der Waals surface area contributed by atoms with Gasteiger partial charge in [0.25, 0.3) is 0 Å². The molecule has 0 saturated heterocycles. The third kappa shape index (κ3) is 3.40. The number of fused-ring (bicyclic) bond motifs is 1. The second kappa shape index (κ2) is 7.78. The van der Waals surface area contributed by atoms with Crippen LogP contribution < -0.4 is 0 Å². The maximum Gasteiger partial charge on any atom is 0.309 e. The lowest BCUT2D eigenvalue weighted by Gasteiger charge is -2.72. The van der Waals surface area contributed by atoms with Gasteiger partial charge in [0, 0.05) is 40.4 Å². The van der Waals surface area contributed by atoms with Crippen LogP contribution in [-0.2, 0) is 11.3 Å². The van der Waals surface area contributed by atoms with Gasteiger partial charge in [0.15, 0.2) is 5.78 Å². The molecular weight excluding hydrogens is 484 g/mol. The number of aromatic nitrogens is 2. The highest BCUT2D eigenvalue weighted by Gasteiger charge is 2.80. The Morgan fingerprint density at radius 2 is 1.73 bits per heavy atom. The summed E-state index contributed by atoms with van der Waals surface area (Å²) in [6, 6.07) is 20.0. The summed E-state index contributed by atoms with van der Waals surface area (Å²) in [5, 5.41) is 11.0. The van der Waals surface area contributed by atoms with Crippen molar-refractivity contribution in [2.45, 2.75) is 45.1 Å². The van der Waals surface area contributed by atoms with Crippen LogP contribution in [0.25, 0.3) is 22.0 Å². The number of halogens is 1. The summed E-state index contributed by atoms with van der Waals surface area (Å²) < 4.78 is 2.09. The number of Topliss-reactive ketones (excluding diaryl/α,β-unsaturated/α-hetero) is 1. The molecule has 4 aliphatic rings. The summed E-state index contributed by atoms with van der Waals surface area (Å²) in [7, 11) is 0. The second-order valence-electron chi connectivity index (χ2n) is 11.5. The SMILES string of the molecule is O=C(CC1(C23CC(C(=O)O)(C2)C3)CC1)c1cc(Cl)cc2ccn(Cc3ccc(-c4ccccc4)cn3)c12. The van der Waals surface area contributed by atoms with E-state index in [2.05, 4.69) is 22.8 Å². The Balaban J connectivity index is 1.16. The van der Waals surface area contributed by atoms with E-state index in [1.807, 2.05) is 48.8 Å². The van der Waals surface area contributed by atoms with Crippen LogP contribution in [0.2, 0.25) is 5.02 Å². The van der Waals surface area contributed by atoms with Gasteiger partial charge in [-0.25, -0.2) is 0 Å². The fourth-order valence-corrected chi connectivity index (χ4v) is 7.40. The van der Waals surface area contributed by atoms with Crippen LogP contribution >= 0.6 is 11.6 Å². The fraction of sp³-hybridized carbons (Fsp3) is 0.323. The highest BCUT2D eigenvalue weighted by Crippen LogP contribution is 2.85. The largest absolute Gasteiger partial charge is 0.481 e. The van der Waals surface area contributed by atoms with Gasteiger partial charge in [0.2, 0.25) is 0 Å². The van der Waals surface area contributed by atoms with E-state index in [0.717, 1.165) is 59.8 Å². The van der Waals surface area contributed by atoms with E-state index in [-0.39, 0.29) is 16.6 Å². The Bertz CT molecular complexity index is 1550. The van der Waals surface area contributed by atoms with Crippen molar-refractivity contribution in [2.24, 2.45) is 16.2 Å². The highest BCUT2D eigenvalue weighted by atomic mass is 35.5. The maximum absolute atomic E-state index is 13.8. The lowest BCUT2D eigenvalue weighted by molar-refractivity contribution is -0.248. The average Bonchev–Trinajstić information content (AvgIpc) is 3.49. The summed E-state index contributed by atoms with van der Waals surface area (Å²) in [6.07, 6.45) is 8.57. The van der Waals surface area contributed by atoms with Crippen LogP contribution in [0.4, 0.5) is 0 Å². The van der Waals surface area contributed by atoms with Crippen LogP contribution in [0.1, 0.15) is 54.6 Å². The molecule has 4 aliphatic carbocycles. The van der Waals surface area contributed by atoms with E-state index in [9.17, 15) is 14.7 Å². The number of ketones is 1. The number of carboxylic acid groups (broad SMARTS) is 1. The zero-order valence-corrected chi connectivity index (χ0v) is 21.2. The number of carbonyl (C=O) groups excluding carboxylic acids is 1. The van der Waals surface area contributed by atoms with Crippen LogP contribution in [-0.4, -0.2) is 26.4 Å². The number of hydrogen-bond donors (Lipinski definition) is 1. The van der Waals surface area contributed by atoms with Crippen LogP contribution in [0.5, 0.6) is 0 Å². The third-order valence-electron chi connectivity index (χ3n) is 9.35. The lowest BCUT2D eigenvalue weighted by Crippen LogP contribution is -2.69. The van der Waals surface area contributed by atoms with Crippen molar-refractivity contribution in [3.63, 3.8) is 0 Å². The summed E-state index contributed by atoms with van der Waals surface area (Å²) >= 11 is 6.45. The number of benzene rings is 2. The molecule has 8 rings (SSSR count). The molecule has 0 atom stereocenters. The molecule has 1 N–H and O–H groups in total. The van der Waals surface area contributed by atoms with Gasteiger partial charge in [0.1, 0.15) is 0 Å². The smallest absolute Gasteiger partial charge is 0.309 e. The Kier molecular flexibility index (Phi) is 4.78. The quantitative estimate of drug-likeness (QED) is 0.259. The first-order chi connectivity index (χ1) is 17.8. The molecule has 2 aromatic carbocycles. The molecule has 4 aromatic rings. The Morgan fingerprint density at radius 3 is 2.38 bits per heavy atom. The van der Waals surface area contributed by atoms with Gasteiger partial charge < -0.3 is 9.67 Å². The summed E-state index contributed by atoms with van der Waals surface area (Å²) in [5.41, 5.74) is 4.14. The van der Waals surface area contributed by atoms with Crippen LogP contribution in [0.15, 0.2) is 73.1 Å². The zero-order valence-electron chi connectivity index (χ0n) is 20.4. The van der Waals surface area contributed by atoms with Gasteiger partial charge in [0.05, 0.1) is 23.2 Å². The number of pyridine rings is 1. The van der Waals surface area contributed by atoms with E-state index in [1.165, 1.54) is 0 Å².